The van der Waals surface area contributed by atoms with Gasteiger partial charge < -0.3 is 14.4 Å². The highest BCUT2D eigenvalue weighted by Gasteiger charge is 2.38. The molecule has 2 fully saturated rings. The first-order valence-electron chi connectivity index (χ1n) is 8.32. The lowest BCUT2D eigenvalue weighted by Crippen LogP contribution is -2.35. The minimum atomic E-state index is -0.477. The van der Waals surface area contributed by atoms with Gasteiger partial charge in [-0.05, 0) is 39.0 Å². The molecule has 1 aliphatic heterocycles. The van der Waals surface area contributed by atoms with E-state index in [9.17, 15) is 9.59 Å². The molecule has 2 atom stereocenters. The fraction of sp³-hybridized carbons (Fsp3) is 0.882. The van der Waals surface area contributed by atoms with Crippen molar-refractivity contribution >= 4 is 12.4 Å². The molecule has 1 aliphatic carbocycles. The van der Waals surface area contributed by atoms with E-state index < -0.39 is 5.60 Å². The van der Waals surface area contributed by atoms with Crippen molar-refractivity contribution in [1.82, 2.24) is 4.90 Å². The van der Waals surface area contributed by atoms with Crippen molar-refractivity contribution in [2.45, 2.75) is 64.9 Å². The van der Waals surface area contributed by atoms with Gasteiger partial charge >= 0.3 is 6.09 Å². The van der Waals surface area contributed by atoms with E-state index in [4.69, 9.17) is 4.74 Å². The third-order valence-electron chi connectivity index (χ3n) is 4.68. The molecule has 0 radical (unpaired) electrons. The number of hydrogen-bond donors (Lipinski definition) is 0. The molecule has 4 heteroatoms. The zero-order chi connectivity index (χ0) is 15.5. The summed E-state index contributed by atoms with van der Waals surface area (Å²) in [5.41, 5.74) is -0.477. The summed E-state index contributed by atoms with van der Waals surface area (Å²) < 4.78 is 5.42. The Kier molecular flexibility index (Phi) is 5.28. The lowest BCUT2D eigenvalue weighted by Gasteiger charge is -2.26. The number of hydrogen-bond acceptors (Lipinski definition) is 3. The van der Waals surface area contributed by atoms with Crippen LogP contribution in [0.15, 0.2) is 0 Å². The van der Waals surface area contributed by atoms with Crippen LogP contribution in [0.3, 0.4) is 0 Å². The molecular weight excluding hydrogens is 266 g/mol. The second-order valence-electron chi connectivity index (χ2n) is 7.69. The van der Waals surface area contributed by atoms with Gasteiger partial charge in [-0.2, -0.15) is 0 Å². The molecule has 0 aromatic carbocycles. The molecule has 120 valence electrons. The minimum absolute atomic E-state index is 0.0144. The van der Waals surface area contributed by atoms with Gasteiger partial charge in [0.25, 0.3) is 0 Å². The predicted octanol–water partition coefficient (Wildman–Crippen LogP) is 3.64. The third kappa shape index (κ3) is 4.72. The van der Waals surface area contributed by atoms with Gasteiger partial charge in [0, 0.05) is 19.0 Å². The van der Waals surface area contributed by atoms with E-state index in [0.717, 1.165) is 18.6 Å². The van der Waals surface area contributed by atoms with E-state index in [1.54, 1.807) is 4.90 Å². The number of carbonyl (C=O) groups is 2. The Morgan fingerprint density at radius 3 is 2.43 bits per heavy atom. The molecule has 0 N–H and O–H groups in total. The van der Waals surface area contributed by atoms with Crippen LogP contribution in [-0.2, 0) is 9.53 Å². The Labute approximate surface area is 128 Å². The van der Waals surface area contributed by atoms with Crippen LogP contribution in [0.1, 0.15) is 59.3 Å². The fourth-order valence-corrected chi connectivity index (χ4v) is 3.63. The lowest BCUT2D eigenvalue weighted by atomic mass is 9.80. The zero-order valence-corrected chi connectivity index (χ0v) is 13.6. The molecule has 2 rings (SSSR count). The van der Waals surface area contributed by atoms with Gasteiger partial charge in [-0.15, -0.1) is 0 Å². The molecule has 1 saturated carbocycles. The van der Waals surface area contributed by atoms with Gasteiger partial charge in [0.2, 0.25) is 0 Å². The molecule has 0 aromatic rings. The average Bonchev–Trinajstić information content (AvgIpc) is 2.81. The van der Waals surface area contributed by atoms with Crippen molar-refractivity contribution in [3.63, 3.8) is 0 Å². The Morgan fingerprint density at radius 1 is 1.19 bits per heavy atom. The smallest absolute Gasteiger partial charge is 0.410 e. The lowest BCUT2D eigenvalue weighted by molar-refractivity contribution is -0.111. The monoisotopic (exact) mass is 295 g/mol. The van der Waals surface area contributed by atoms with E-state index in [1.807, 2.05) is 20.8 Å². The van der Waals surface area contributed by atoms with Gasteiger partial charge in [0.05, 0.1) is 0 Å². The van der Waals surface area contributed by atoms with E-state index in [1.165, 1.54) is 32.1 Å². The number of ether oxygens (including phenoxy) is 1. The summed E-state index contributed by atoms with van der Waals surface area (Å²) in [7, 11) is 0. The van der Waals surface area contributed by atoms with Crippen LogP contribution in [0.2, 0.25) is 0 Å². The summed E-state index contributed by atoms with van der Waals surface area (Å²) in [5, 5.41) is 0. The second-order valence-corrected chi connectivity index (χ2v) is 7.69. The van der Waals surface area contributed by atoms with Gasteiger partial charge in [-0.25, -0.2) is 4.79 Å². The van der Waals surface area contributed by atoms with Crippen LogP contribution in [-0.4, -0.2) is 36.0 Å². The second kappa shape index (κ2) is 6.80. The summed E-state index contributed by atoms with van der Waals surface area (Å²) in [6.07, 6.45) is 8.41. The van der Waals surface area contributed by atoms with E-state index in [0.29, 0.717) is 19.0 Å². The first kappa shape index (κ1) is 16.3. The highest BCUT2D eigenvalue weighted by atomic mass is 16.6. The molecule has 21 heavy (non-hydrogen) atoms. The Morgan fingerprint density at radius 2 is 1.86 bits per heavy atom. The van der Waals surface area contributed by atoms with E-state index in [2.05, 4.69) is 0 Å². The van der Waals surface area contributed by atoms with E-state index >= 15 is 0 Å². The van der Waals surface area contributed by atoms with Crippen molar-refractivity contribution in [1.29, 1.82) is 0 Å². The van der Waals surface area contributed by atoms with Crippen LogP contribution in [0.5, 0.6) is 0 Å². The summed E-state index contributed by atoms with van der Waals surface area (Å²) in [6, 6.07) is 0. The molecule has 0 spiro atoms. The van der Waals surface area contributed by atoms with Crippen LogP contribution in [0, 0.1) is 17.8 Å². The van der Waals surface area contributed by atoms with Crippen molar-refractivity contribution in [3.8, 4) is 0 Å². The summed E-state index contributed by atoms with van der Waals surface area (Å²) in [4.78, 5) is 25.2. The standard InChI is InChI=1S/C17H29NO3/c1-17(2,3)21-16(20)18-10-14(15(11-18)12-19)9-13-7-5-4-6-8-13/h12-15H,4-11H2,1-3H3/t14-,15-/m1/s1. The number of nitrogens with zero attached hydrogens (tertiary/aromatic N) is 1. The van der Waals surface area contributed by atoms with Gasteiger partial charge in [0.15, 0.2) is 0 Å². The van der Waals surface area contributed by atoms with Crippen LogP contribution in [0.25, 0.3) is 0 Å². The maximum Gasteiger partial charge on any atom is 0.410 e. The molecule has 0 bridgehead atoms. The third-order valence-corrected chi connectivity index (χ3v) is 4.68. The van der Waals surface area contributed by atoms with Gasteiger partial charge in [0.1, 0.15) is 11.9 Å². The summed E-state index contributed by atoms with van der Waals surface area (Å²) in [5.74, 6) is 1.04. The van der Waals surface area contributed by atoms with Crippen molar-refractivity contribution in [3.05, 3.63) is 0 Å². The van der Waals surface area contributed by atoms with Crippen molar-refractivity contribution < 1.29 is 14.3 Å². The quantitative estimate of drug-likeness (QED) is 0.747. The summed E-state index contributed by atoms with van der Waals surface area (Å²) in [6.45, 7) is 6.82. The maximum absolute atomic E-state index is 12.1. The number of amides is 1. The highest BCUT2D eigenvalue weighted by Crippen LogP contribution is 2.34. The van der Waals surface area contributed by atoms with Crippen LogP contribution < -0.4 is 0 Å². The molecule has 2 aliphatic rings. The van der Waals surface area contributed by atoms with Crippen molar-refractivity contribution in [2.75, 3.05) is 13.1 Å². The molecule has 1 amide bonds. The van der Waals surface area contributed by atoms with Gasteiger partial charge in [-0.3, -0.25) is 0 Å². The molecule has 0 unspecified atom stereocenters. The fourth-order valence-electron chi connectivity index (χ4n) is 3.63. The maximum atomic E-state index is 12.1. The van der Waals surface area contributed by atoms with Crippen molar-refractivity contribution in [2.24, 2.45) is 17.8 Å². The number of likely N-dealkylation sites (tertiary alicyclic amines) is 1. The van der Waals surface area contributed by atoms with Crippen LogP contribution >= 0.6 is 0 Å². The number of rotatable bonds is 3. The number of aldehydes is 1. The molecule has 1 saturated heterocycles. The zero-order valence-electron chi connectivity index (χ0n) is 13.6. The Hall–Kier alpha value is -1.06. The molecule has 1 heterocycles. The van der Waals surface area contributed by atoms with E-state index in [-0.39, 0.29) is 12.0 Å². The Bertz CT molecular complexity index is 369. The average molecular weight is 295 g/mol. The molecule has 4 nitrogen and oxygen atoms in total. The minimum Gasteiger partial charge on any atom is -0.444 e. The first-order chi connectivity index (χ1) is 9.89. The van der Waals surface area contributed by atoms with Gasteiger partial charge in [-0.1, -0.05) is 32.1 Å². The summed E-state index contributed by atoms with van der Waals surface area (Å²) >= 11 is 0. The highest BCUT2D eigenvalue weighted by molar-refractivity contribution is 5.70. The largest absolute Gasteiger partial charge is 0.444 e. The predicted molar refractivity (Wildman–Crippen MR) is 82.0 cm³/mol. The first-order valence-corrected chi connectivity index (χ1v) is 8.32. The molecular formula is C17H29NO3. The number of carbonyl (C=O) groups excluding carboxylic acids is 2. The Balaban J connectivity index is 1.90. The topological polar surface area (TPSA) is 46.6 Å². The normalized spacial score (nSPS) is 27.7. The molecule has 0 aromatic heterocycles. The SMILES string of the molecule is CC(C)(C)OC(=O)N1C[C@@H](CC2CCCCC2)[C@@H](C=O)C1. The van der Waals surface area contributed by atoms with Crippen LogP contribution in [0.4, 0.5) is 4.79 Å².